The minimum Gasteiger partial charge on any atom is -0.468 e. The Labute approximate surface area is 84.1 Å². The van der Waals surface area contributed by atoms with Crippen LogP contribution in [-0.2, 0) is 10.2 Å². The van der Waals surface area contributed by atoms with E-state index in [2.05, 4.69) is 0 Å². The molecular formula is C11H16O3. The lowest BCUT2D eigenvalue weighted by Crippen LogP contribution is -2.16. The number of rotatable bonds is 2. The number of hydrogen-bond donors (Lipinski definition) is 0. The van der Waals surface area contributed by atoms with E-state index in [9.17, 15) is 4.79 Å². The summed E-state index contributed by atoms with van der Waals surface area (Å²) in [5, 5.41) is 0. The fourth-order valence-electron chi connectivity index (χ4n) is 1.26. The first-order valence-corrected chi connectivity index (χ1v) is 4.72. The second kappa shape index (κ2) is 3.86. The summed E-state index contributed by atoms with van der Waals surface area (Å²) in [6.45, 7) is 8.15. The molecule has 1 aromatic heterocycles. The van der Waals surface area contributed by atoms with Gasteiger partial charge in [0.05, 0.1) is 12.9 Å². The van der Waals surface area contributed by atoms with Gasteiger partial charge in [-0.25, -0.2) is 4.79 Å². The predicted molar refractivity (Wildman–Crippen MR) is 53.4 cm³/mol. The third kappa shape index (κ3) is 2.16. The summed E-state index contributed by atoms with van der Waals surface area (Å²) < 4.78 is 10.2. The van der Waals surface area contributed by atoms with Crippen LogP contribution in [-0.4, -0.2) is 12.6 Å². The average Bonchev–Trinajstić information content (AvgIpc) is 2.50. The molecule has 0 spiro atoms. The summed E-state index contributed by atoms with van der Waals surface area (Å²) in [7, 11) is 0. The van der Waals surface area contributed by atoms with Crippen molar-refractivity contribution in [2.75, 3.05) is 6.61 Å². The van der Waals surface area contributed by atoms with E-state index in [1.807, 2.05) is 20.8 Å². The second-order valence-electron chi connectivity index (χ2n) is 4.13. The van der Waals surface area contributed by atoms with Crippen LogP contribution in [0.5, 0.6) is 0 Å². The number of hydrogen-bond acceptors (Lipinski definition) is 3. The molecule has 0 N–H and O–H groups in total. The molecule has 0 bridgehead atoms. The quantitative estimate of drug-likeness (QED) is 0.683. The summed E-state index contributed by atoms with van der Waals surface area (Å²) in [6, 6.07) is 1.65. The van der Waals surface area contributed by atoms with Crippen LogP contribution in [0.25, 0.3) is 0 Å². The molecule has 0 unspecified atom stereocenters. The molecule has 1 aromatic rings. The largest absolute Gasteiger partial charge is 0.468 e. The van der Waals surface area contributed by atoms with Crippen molar-refractivity contribution in [2.45, 2.75) is 33.1 Å². The first kappa shape index (κ1) is 10.8. The van der Waals surface area contributed by atoms with Gasteiger partial charge in [0.15, 0.2) is 0 Å². The molecule has 78 valence electrons. The molecule has 0 aromatic carbocycles. The fraction of sp³-hybridized carbons (Fsp3) is 0.545. The molecule has 0 saturated carbocycles. The first-order chi connectivity index (χ1) is 6.46. The Hall–Kier alpha value is -1.25. The molecule has 0 aliphatic carbocycles. The highest BCUT2D eigenvalue weighted by molar-refractivity contribution is 5.90. The molecular weight excluding hydrogens is 180 g/mol. The van der Waals surface area contributed by atoms with Gasteiger partial charge >= 0.3 is 5.97 Å². The molecule has 3 heteroatoms. The van der Waals surface area contributed by atoms with Crippen molar-refractivity contribution in [3.8, 4) is 0 Å². The molecule has 1 rings (SSSR count). The van der Waals surface area contributed by atoms with Crippen molar-refractivity contribution in [1.29, 1.82) is 0 Å². The van der Waals surface area contributed by atoms with Gasteiger partial charge in [-0.15, -0.1) is 0 Å². The molecule has 3 nitrogen and oxygen atoms in total. The highest BCUT2D eigenvalue weighted by Crippen LogP contribution is 2.27. The smallest absolute Gasteiger partial charge is 0.341 e. The van der Waals surface area contributed by atoms with Gasteiger partial charge in [0.1, 0.15) is 11.3 Å². The SMILES string of the molecule is CCOC(=O)c1ccoc1C(C)(C)C. The third-order valence-electron chi connectivity index (χ3n) is 1.84. The highest BCUT2D eigenvalue weighted by Gasteiger charge is 2.25. The number of furan rings is 1. The molecule has 0 amide bonds. The Morgan fingerprint density at radius 2 is 2.14 bits per heavy atom. The van der Waals surface area contributed by atoms with Crippen LogP contribution < -0.4 is 0 Å². The van der Waals surface area contributed by atoms with Crippen LogP contribution in [0.4, 0.5) is 0 Å². The van der Waals surface area contributed by atoms with E-state index < -0.39 is 0 Å². The van der Waals surface area contributed by atoms with E-state index in [-0.39, 0.29) is 11.4 Å². The summed E-state index contributed by atoms with van der Waals surface area (Å²) in [6.07, 6.45) is 1.52. The molecule has 14 heavy (non-hydrogen) atoms. The van der Waals surface area contributed by atoms with Crippen molar-refractivity contribution in [1.82, 2.24) is 0 Å². The number of esters is 1. The molecule has 0 aliphatic rings. The minimum absolute atomic E-state index is 0.175. The fourth-order valence-corrected chi connectivity index (χ4v) is 1.26. The molecule has 0 fully saturated rings. The van der Waals surface area contributed by atoms with Gasteiger partial charge in [0.2, 0.25) is 0 Å². The monoisotopic (exact) mass is 196 g/mol. The van der Waals surface area contributed by atoms with Crippen LogP contribution in [0, 0.1) is 0 Å². The first-order valence-electron chi connectivity index (χ1n) is 4.72. The van der Waals surface area contributed by atoms with Gasteiger partial charge in [-0.3, -0.25) is 0 Å². The van der Waals surface area contributed by atoms with Crippen molar-refractivity contribution in [2.24, 2.45) is 0 Å². The Balaban J connectivity index is 2.99. The van der Waals surface area contributed by atoms with Gasteiger partial charge < -0.3 is 9.15 Å². The Kier molecular flexibility index (Phi) is 2.99. The summed E-state index contributed by atoms with van der Waals surface area (Å²) in [4.78, 5) is 11.5. The van der Waals surface area contributed by atoms with E-state index in [0.717, 1.165) is 0 Å². The van der Waals surface area contributed by atoms with Crippen LogP contribution in [0.15, 0.2) is 16.7 Å². The van der Waals surface area contributed by atoms with Crippen molar-refractivity contribution < 1.29 is 13.9 Å². The number of carbonyl (C=O) groups is 1. The van der Waals surface area contributed by atoms with Gasteiger partial charge in [0.25, 0.3) is 0 Å². The topological polar surface area (TPSA) is 39.4 Å². The maximum absolute atomic E-state index is 11.5. The van der Waals surface area contributed by atoms with Crippen molar-refractivity contribution in [3.63, 3.8) is 0 Å². The average molecular weight is 196 g/mol. The lowest BCUT2D eigenvalue weighted by atomic mass is 9.90. The number of carbonyl (C=O) groups excluding carboxylic acids is 1. The second-order valence-corrected chi connectivity index (χ2v) is 4.13. The minimum atomic E-state index is -0.314. The summed E-state index contributed by atoms with van der Waals surface area (Å²) >= 11 is 0. The molecule has 0 atom stereocenters. The lowest BCUT2D eigenvalue weighted by Gasteiger charge is -2.16. The zero-order chi connectivity index (χ0) is 10.8. The Morgan fingerprint density at radius 3 is 2.64 bits per heavy atom. The standard InChI is InChI=1S/C11H16O3/c1-5-13-10(12)8-6-7-14-9(8)11(2,3)4/h6-7H,5H2,1-4H3. The maximum Gasteiger partial charge on any atom is 0.341 e. The highest BCUT2D eigenvalue weighted by atomic mass is 16.5. The molecule has 0 aliphatic heterocycles. The van der Waals surface area contributed by atoms with E-state index >= 15 is 0 Å². The van der Waals surface area contributed by atoms with Crippen LogP contribution in [0.2, 0.25) is 0 Å². The van der Waals surface area contributed by atoms with E-state index in [4.69, 9.17) is 9.15 Å². The Bertz CT molecular complexity index is 318. The molecule has 1 heterocycles. The van der Waals surface area contributed by atoms with Crippen LogP contribution in [0.1, 0.15) is 43.8 Å². The van der Waals surface area contributed by atoms with Crippen molar-refractivity contribution >= 4 is 5.97 Å². The lowest BCUT2D eigenvalue weighted by molar-refractivity contribution is 0.0521. The van der Waals surface area contributed by atoms with Crippen molar-refractivity contribution in [3.05, 3.63) is 23.7 Å². The van der Waals surface area contributed by atoms with Gasteiger partial charge in [-0.2, -0.15) is 0 Å². The zero-order valence-corrected chi connectivity index (χ0v) is 9.09. The van der Waals surface area contributed by atoms with E-state index in [0.29, 0.717) is 17.9 Å². The van der Waals surface area contributed by atoms with E-state index in [1.54, 1.807) is 13.0 Å². The molecule has 0 radical (unpaired) electrons. The van der Waals surface area contributed by atoms with E-state index in [1.165, 1.54) is 6.26 Å². The van der Waals surface area contributed by atoms with Gasteiger partial charge in [-0.1, -0.05) is 20.8 Å². The van der Waals surface area contributed by atoms with Gasteiger partial charge in [-0.05, 0) is 13.0 Å². The summed E-state index contributed by atoms with van der Waals surface area (Å²) in [5.74, 6) is 0.363. The van der Waals surface area contributed by atoms with Crippen LogP contribution in [0.3, 0.4) is 0 Å². The number of ether oxygens (including phenoxy) is 1. The summed E-state index contributed by atoms with van der Waals surface area (Å²) in [5.41, 5.74) is 0.352. The third-order valence-corrected chi connectivity index (χ3v) is 1.84. The predicted octanol–water partition coefficient (Wildman–Crippen LogP) is 2.75. The van der Waals surface area contributed by atoms with Crippen LogP contribution >= 0.6 is 0 Å². The van der Waals surface area contributed by atoms with Gasteiger partial charge in [0, 0.05) is 5.41 Å². The normalized spacial score (nSPS) is 11.4. The maximum atomic E-state index is 11.5. The zero-order valence-electron chi connectivity index (χ0n) is 9.09. The molecule has 0 saturated heterocycles. The Morgan fingerprint density at radius 1 is 1.50 bits per heavy atom.